The zero-order valence-corrected chi connectivity index (χ0v) is 20.7. The van der Waals surface area contributed by atoms with Gasteiger partial charge in [-0.05, 0) is 55.7 Å². The lowest BCUT2D eigenvalue weighted by atomic mass is 9.94. The SMILES string of the molecule is CCOC(=O)C1=C(CN2CCN(c3cccc(C)c3C)CC2)NC(=O)NC1c1ccc([N+](=O)[O-])cc1. The number of hydrogen-bond acceptors (Lipinski definition) is 7. The number of hydrogen-bond donors (Lipinski definition) is 2. The molecule has 2 heterocycles. The van der Waals surface area contributed by atoms with Gasteiger partial charge in [-0.3, -0.25) is 15.0 Å². The van der Waals surface area contributed by atoms with E-state index in [9.17, 15) is 19.7 Å². The molecule has 0 aromatic heterocycles. The van der Waals surface area contributed by atoms with Crippen LogP contribution in [0, 0.1) is 24.0 Å². The quantitative estimate of drug-likeness (QED) is 0.346. The minimum Gasteiger partial charge on any atom is -0.463 e. The highest BCUT2D eigenvalue weighted by molar-refractivity contribution is 5.95. The second-order valence-corrected chi connectivity index (χ2v) is 8.98. The summed E-state index contributed by atoms with van der Waals surface area (Å²) in [7, 11) is 0. The normalized spacial score (nSPS) is 18.5. The summed E-state index contributed by atoms with van der Waals surface area (Å²) in [6.45, 7) is 9.71. The molecule has 10 nitrogen and oxygen atoms in total. The lowest BCUT2D eigenvalue weighted by molar-refractivity contribution is -0.384. The number of nitrogens with one attached hydrogen (secondary N) is 2. The van der Waals surface area contributed by atoms with E-state index >= 15 is 0 Å². The summed E-state index contributed by atoms with van der Waals surface area (Å²) in [6.07, 6.45) is 0. The second-order valence-electron chi connectivity index (χ2n) is 8.98. The molecule has 10 heteroatoms. The molecule has 1 unspecified atom stereocenters. The van der Waals surface area contributed by atoms with Crippen LogP contribution in [0.1, 0.15) is 29.7 Å². The maximum atomic E-state index is 13.0. The van der Waals surface area contributed by atoms with Gasteiger partial charge in [-0.1, -0.05) is 12.1 Å². The lowest BCUT2D eigenvalue weighted by Crippen LogP contribution is -2.52. The third-order valence-corrected chi connectivity index (χ3v) is 6.76. The van der Waals surface area contributed by atoms with Crippen molar-refractivity contribution in [2.45, 2.75) is 26.8 Å². The molecule has 1 saturated heterocycles. The molecule has 0 saturated carbocycles. The fourth-order valence-electron chi connectivity index (χ4n) is 4.68. The Bertz CT molecular complexity index is 1190. The average molecular weight is 494 g/mol. The van der Waals surface area contributed by atoms with E-state index in [4.69, 9.17) is 4.74 Å². The molecule has 0 spiro atoms. The zero-order chi connectivity index (χ0) is 25.8. The number of carbonyl (C=O) groups excluding carboxylic acids is 2. The van der Waals surface area contributed by atoms with E-state index in [0.29, 0.717) is 23.4 Å². The van der Waals surface area contributed by atoms with Crippen molar-refractivity contribution in [3.8, 4) is 0 Å². The standard InChI is InChI=1S/C26H31N5O5/c1-4-36-25(32)23-21(27-26(33)28-24(23)19-8-10-20(11-9-19)31(34)35)16-29-12-14-30(15-13-29)22-7-5-6-17(2)18(22)3/h5-11,24H,4,12-16H2,1-3H3,(H2,27,28,33). The van der Waals surface area contributed by atoms with Crippen molar-refractivity contribution in [1.82, 2.24) is 15.5 Å². The Hall–Kier alpha value is -3.92. The number of nitro benzene ring substituents is 1. The van der Waals surface area contributed by atoms with Gasteiger partial charge in [-0.15, -0.1) is 0 Å². The number of anilines is 1. The molecule has 2 aromatic carbocycles. The van der Waals surface area contributed by atoms with Crippen molar-refractivity contribution in [1.29, 1.82) is 0 Å². The van der Waals surface area contributed by atoms with Gasteiger partial charge < -0.3 is 20.3 Å². The molecular formula is C26H31N5O5. The van der Waals surface area contributed by atoms with Crippen LogP contribution in [0.25, 0.3) is 0 Å². The number of esters is 1. The van der Waals surface area contributed by atoms with Gasteiger partial charge in [0, 0.05) is 56.2 Å². The predicted octanol–water partition coefficient (Wildman–Crippen LogP) is 3.20. The maximum absolute atomic E-state index is 13.0. The minimum absolute atomic E-state index is 0.0670. The van der Waals surface area contributed by atoms with E-state index < -0.39 is 23.0 Å². The number of ether oxygens (including phenoxy) is 1. The van der Waals surface area contributed by atoms with Crippen LogP contribution >= 0.6 is 0 Å². The molecule has 0 aliphatic carbocycles. The summed E-state index contributed by atoms with van der Waals surface area (Å²) in [5, 5.41) is 16.6. The van der Waals surface area contributed by atoms with Crippen molar-refractivity contribution < 1.29 is 19.2 Å². The van der Waals surface area contributed by atoms with Crippen LogP contribution in [-0.4, -0.2) is 61.2 Å². The van der Waals surface area contributed by atoms with Gasteiger partial charge in [0.2, 0.25) is 0 Å². The molecule has 36 heavy (non-hydrogen) atoms. The van der Waals surface area contributed by atoms with Gasteiger partial charge in [0.05, 0.1) is 23.1 Å². The summed E-state index contributed by atoms with van der Waals surface area (Å²) in [5.41, 5.74) is 5.06. The zero-order valence-electron chi connectivity index (χ0n) is 20.7. The van der Waals surface area contributed by atoms with Crippen LogP contribution in [0.5, 0.6) is 0 Å². The van der Waals surface area contributed by atoms with E-state index in [1.807, 2.05) is 0 Å². The van der Waals surface area contributed by atoms with Crippen molar-refractivity contribution >= 4 is 23.4 Å². The van der Waals surface area contributed by atoms with E-state index in [-0.39, 0.29) is 12.3 Å². The number of rotatable bonds is 7. The van der Waals surface area contributed by atoms with E-state index in [1.165, 1.54) is 28.9 Å². The fraction of sp³-hybridized carbons (Fsp3) is 0.385. The number of benzene rings is 2. The lowest BCUT2D eigenvalue weighted by Gasteiger charge is -2.38. The molecule has 1 atom stereocenters. The highest BCUT2D eigenvalue weighted by Gasteiger charge is 2.35. The third kappa shape index (κ3) is 5.33. The van der Waals surface area contributed by atoms with Crippen molar-refractivity contribution in [3.05, 3.63) is 80.5 Å². The first kappa shape index (κ1) is 25.2. The van der Waals surface area contributed by atoms with Crippen LogP contribution in [0.2, 0.25) is 0 Å². The van der Waals surface area contributed by atoms with Gasteiger partial charge >= 0.3 is 12.0 Å². The van der Waals surface area contributed by atoms with Gasteiger partial charge in [-0.25, -0.2) is 9.59 Å². The fourth-order valence-corrected chi connectivity index (χ4v) is 4.68. The summed E-state index contributed by atoms with van der Waals surface area (Å²) in [6, 6.07) is 10.9. The number of non-ortho nitro benzene ring substituents is 1. The van der Waals surface area contributed by atoms with E-state index in [0.717, 1.165) is 26.2 Å². The molecule has 0 bridgehead atoms. The molecule has 190 valence electrons. The van der Waals surface area contributed by atoms with Crippen molar-refractivity contribution in [3.63, 3.8) is 0 Å². The predicted molar refractivity (Wildman–Crippen MR) is 136 cm³/mol. The molecule has 4 rings (SSSR count). The summed E-state index contributed by atoms with van der Waals surface area (Å²) in [5.74, 6) is -0.530. The number of aryl methyl sites for hydroxylation is 1. The summed E-state index contributed by atoms with van der Waals surface area (Å²) < 4.78 is 5.33. The Kier molecular flexibility index (Phi) is 7.54. The van der Waals surface area contributed by atoms with Crippen LogP contribution in [0.15, 0.2) is 53.7 Å². The monoisotopic (exact) mass is 493 g/mol. The largest absolute Gasteiger partial charge is 0.463 e. The topological polar surface area (TPSA) is 117 Å². The molecule has 1 fully saturated rings. The summed E-state index contributed by atoms with van der Waals surface area (Å²) >= 11 is 0. The Morgan fingerprint density at radius 3 is 2.44 bits per heavy atom. The van der Waals surface area contributed by atoms with Crippen LogP contribution in [0.3, 0.4) is 0 Å². The first-order valence-corrected chi connectivity index (χ1v) is 12.0. The second kappa shape index (κ2) is 10.8. The first-order valence-electron chi connectivity index (χ1n) is 12.0. The maximum Gasteiger partial charge on any atom is 0.338 e. The van der Waals surface area contributed by atoms with Gasteiger partial charge in [0.15, 0.2) is 0 Å². The Morgan fingerprint density at radius 1 is 1.11 bits per heavy atom. The van der Waals surface area contributed by atoms with Crippen LogP contribution in [0.4, 0.5) is 16.2 Å². The Labute approximate surface area is 210 Å². The first-order chi connectivity index (χ1) is 17.3. The Balaban J connectivity index is 1.57. The van der Waals surface area contributed by atoms with E-state index in [2.05, 4.69) is 52.5 Å². The molecule has 2 aliphatic rings. The number of urea groups is 1. The Morgan fingerprint density at radius 2 is 1.81 bits per heavy atom. The van der Waals surface area contributed by atoms with Gasteiger partial charge in [0.1, 0.15) is 0 Å². The van der Waals surface area contributed by atoms with Crippen molar-refractivity contribution in [2.75, 3.05) is 44.2 Å². The highest BCUT2D eigenvalue weighted by Crippen LogP contribution is 2.30. The minimum atomic E-state index is -0.773. The number of piperazine rings is 1. The van der Waals surface area contributed by atoms with E-state index in [1.54, 1.807) is 19.1 Å². The van der Waals surface area contributed by atoms with Crippen LogP contribution < -0.4 is 15.5 Å². The molecular weight excluding hydrogens is 462 g/mol. The van der Waals surface area contributed by atoms with Gasteiger partial charge in [0.25, 0.3) is 5.69 Å². The molecule has 2 N–H and O–H groups in total. The number of carbonyl (C=O) groups is 2. The molecule has 2 aromatic rings. The van der Waals surface area contributed by atoms with Gasteiger partial charge in [-0.2, -0.15) is 0 Å². The summed E-state index contributed by atoms with van der Waals surface area (Å²) in [4.78, 5) is 40.7. The number of nitro groups is 1. The van der Waals surface area contributed by atoms with Crippen LogP contribution in [-0.2, 0) is 9.53 Å². The highest BCUT2D eigenvalue weighted by atomic mass is 16.6. The average Bonchev–Trinajstić information content (AvgIpc) is 2.86. The number of amides is 2. The molecule has 2 aliphatic heterocycles. The molecule has 2 amide bonds. The molecule has 0 radical (unpaired) electrons. The smallest absolute Gasteiger partial charge is 0.338 e. The third-order valence-electron chi connectivity index (χ3n) is 6.76. The number of nitrogens with zero attached hydrogens (tertiary/aromatic N) is 3. The van der Waals surface area contributed by atoms with Crippen molar-refractivity contribution in [2.24, 2.45) is 0 Å².